The summed E-state index contributed by atoms with van der Waals surface area (Å²) in [7, 11) is 0. The Balaban J connectivity index is 2.12. The Labute approximate surface area is 120 Å². The van der Waals surface area contributed by atoms with Crippen LogP contribution >= 0.6 is 0 Å². The van der Waals surface area contributed by atoms with E-state index in [1.807, 2.05) is 0 Å². The van der Waals surface area contributed by atoms with Gasteiger partial charge in [-0.15, -0.1) is 0 Å². The fraction of sp³-hybridized carbons (Fsp3) is 0.263. The molecule has 0 saturated carbocycles. The minimum absolute atomic E-state index is 1.17. The van der Waals surface area contributed by atoms with Gasteiger partial charge in [-0.1, -0.05) is 49.7 Å². The summed E-state index contributed by atoms with van der Waals surface area (Å²) in [4.78, 5) is 3.44. The van der Waals surface area contributed by atoms with Crippen molar-refractivity contribution in [1.29, 1.82) is 0 Å². The number of hydrogen-bond donors (Lipinski definition) is 1. The van der Waals surface area contributed by atoms with Crippen molar-refractivity contribution in [2.45, 2.75) is 33.1 Å². The molecule has 1 heteroatoms. The molecule has 0 atom stereocenters. The number of aromatic nitrogens is 1. The number of fused-ring (bicyclic) bond motifs is 1. The number of rotatable bonds is 4. The van der Waals surface area contributed by atoms with Crippen LogP contribution in [0.3, 0.4) is 0 Å². The first-order valence-corrected chi connectivity index (χ1v) is 7.45. The molecule has 0 fully saturated rings. The molecular formula is C19H21N. The van der Waals surface area contributed by atoms with Crippen LogP contribution in [-0.2, 0) is 6.42 Å². The second-order valence-corrected chi connectivity index (χ2v) is 5.51. The molecule has 1 N–H and O–H groups in total. The molecule has 0 aliphatic rings. The normalized spacial score (nSPS) is 11.1. The molecule has 0 aliphatic heterocycles. The van der Waals surface area contributed by atoms with E-state index in [2.05, 4.69) is 67.5 Å². The Hall–Kier alpha value is -2.02. The van der Waals surface area contributed by atoms with Crippen molar-refractivity contribution in [3.05, 3.63) is 59.8 Å². The van der Waals surface area contributed by atoms with Crippen LogP contribution in [0.4, 0.5) is 0 Å². The summed E-state index contributed by atoms with van der Waals surface area (Å²) >= 11 is 0. The minimum atomic E-state index is 1.17. The lowest BCUT2D eigenvalue weighted by atomic mass is 9.99. The molecule has 0 saturated heterocycles. The third-order valence-corrected chi connectivity index (χ3v) is 3.95. The second-order valence-electron chi connectivity index (χ2n) is 5.51. The van der Waals surface area contributed by atoms with Crippen LogP contribution in [0.2, 0.25) is 0 Å². The lowest BCUT2D eigenvalue weighted by molar-refractivity contribution is 0.795. The predicted octanol–water partition coefficient (Wildman–Crippen LogP) is 5.49. The maximum absolute atomic E-state index is 3.44. The molecule has 0 unspecified atom stereocenters. The van der Waals surface area contributed by atoms with Gasteiger partial charge in [-0.3, -0.25) is 0 Å². The summed E-state index contributed by atoms with van der Waals surface area (Å²) in [6.45, 7) is 4.44. The van der Waals surface area contributed by atoms with Crippen molar-refractivity contribution in [2.75, 3.05) is 0 Å². The van der Waals surface area contributed by atoms with Crippen molar-refractivity contribution >= 4 is 10.9 Å². The Morgan fingerprint density at radius 3 is 2.60 bits per heavy atom. The molecule has 0 bridgehead atoms. The number of aromatic amines is 1. The molecule has 2 aromatic carbocycles. The van der Waals surface area contributed by atoms with Crippen LogP contribution in [0.25, 0.3) is 22.0 Å². The SMILES string of the molecule is CCCCc1cc(C)c2[nH]cc(-c3ccccc3)c2c1. The van der Waals surface area contributed by atoms with Gasteiger partial charge < -0.3 is 4.98 Å². The maximum atomic E-state index is 3.44. The van der Waals surface area contributed by atoms with Gasteiger partial charge in [0, 0.05) is 22.7 Å². The molecule has 0 radical (unpaired) electrons. The van der Waals surface area contributed by atoms with E-state index < -0.39 is 0 Å². The summed E-state index contributed by atoms with van der Waals surface area (Å²) in [5, 5.41) is 1.35. The topological polar surface area (TPSA) is 15.8 Å². The van der Waals surface area contributed by atoms with Crippen LogP contribution in [-0.4, -0.2) is 4.98 Å². The third kappa shape index (κ3) is 2.36. The highest BCUT2D eigenvalue weighted by Gasteiger charge is 2.09. The molecule has 1 nitrogen and oxygen atoms in total. The van der Waals surface area contributed by atoms with E-state index in [1.54, 1.807) is 0 Å². The van der Waals surface area contributed by atoms with Gasteiger partial charge in [0.05, 0.1) is 0 Å². The summed E-state index contributed by atoms with van der Waals surface area (Å²) in [6, 6.07) is 15.3. The van der Waals surface area contributed by atoms with Gasteiger partial charge in [-0.2, -0.15) is 0 Å². The van der Waals surface area contributed by atoms with Gasteiger partial charge in [0.1, 0.15) is 0 Å². The lowest BCUT2D eigenvalue weighted by Gasteiger charge is -2.06. The monoisotopic (exact) mass is 263 g/mol. The molecule has 1 aromatic heterocycles. The zero-order chi connectivity index (χ0) is 13.9. The smallest absolute Gasteiger partial charge is 0.0490 e. The predicted molar refractivity (Wildman–Crippen MR) is 87.1 cm³/mol. The van der Waals surface area contributed by atoms with Gasteiger partial charge in [-0.05, 0) is 42.5 Å². The first kappa shape index (κ1) is 13.0. The van der Waals surface area contributed by atoms with Crippen molar-refractivity contribution < 1.29 is 0 Å². The Morgan fingerprint density at radius 2 is 1.85 bits per heavy atom. The van der Waals surface area contributed by atoms with E-state index in [1.165, 1.54) is 52.4 Å². The number of benzene rings is 2. The first-order valence-electron chi connectivity index (χ1n) is 7.45. The minimum Gasteiger partial charge on any atom is -0.360 e. The van der Waals surface area contributed by atoms with Crippen LogP contribution in [0.15, 0.2) is 48.7 Å². The number of aryl methyl sites for hydroxylation is 2. The molecule has 20 heavy (non-hydrogen) atoms. The number of nitrogens with one attached hydrogen (secondary N) is 1. The van der Waals surface area contributed by atoms with Gasteiger partial charge in [0.15, 0.2) is 0 Å². The summed E-state index contributed by atoms with van der Waals surface area (Å²) in [5.41, 5.74) is 6.65. The number of hydrogen-bond acceptors (Lipinski definition) is 0. The molecule has 102 valence electrons. The Kier molecular flexibility index (Phi) is 3.60. The molecule has 0 spiro atoms. The van der Waals surface area contributed by atoms with Gasteiger partial charge in [0.2, 0.25) is 0 Å². The maximum Gasteiger partial charge on any atom is 0.0490 e. The van der Waals surface area contributed by atoms with E-state index >= 15 is 0 Å². The third-order valence-electron chi connectivity index (χ3n) is 3.95. The molecule has 3 aromatic rings. The molecule has 0 amide bonds. The second kappa shape index (κ2) is 5.54. The highest BCUT2D eigenvalue weighted by atomic mass is 14.7. The standard InChI is InChI=1S/C19H21N/c1-3-4-8-15-11-14(2)19-17(12-15)18(13-20-19)16-9-6-5-7-10-16/h5-7,9-13,20H,3-4,8H2,1-2H3. The first-order chi connectivity index (χ1) is 9.79. The van der Waals surface area contributed by atoms with Crippen molar-refractivity contribution in [1.82, 2.24) is 4.98 Å². The van der Waals surface area contributed by atoms with Crippen LogP contribution in [0, 0.1) is 6.92 Å². The van der Waals surface area contributed by atoms with Crippen molar-refractivity contribution in [3.8, 4) is 11.1 Å². The largest absolute Gasteiger partial charge is 0.360 e. The van der Waals surface area contributed by atoms with Crippen LogP contribution in [0.1, 0.15) is 30.9 Å². The quantitative estimate of drug-likeness (QED) is 0.641. The summed E-state index contributed by atoms with van der Waals surface area (Å²) in [5.74, 6) is 0. The number of H-pyrrole nitrogens is 1. The van der Waals surface area contributed by atoms with Crippen molar-refractivity contribution in [3.63, 3.8) is 0 Å². The molecule has 0 aliphatic carbocycles. The van der Waals surface area contributed by atoms with Gasteiger partial charge in [-0.25, -0.2) is 0 Å². The summed E-state index contributed by atoms with van der Waals surface area (Å²) in [6.07, 6.45) is 5.81. The van der Waals surface area contributed by atoms with E-state index in [0.717, 1.165) is 0 Å². The number of unbranched alkanes of at least 4 members (excludes halogenated alkanes) is 1. The van der Waals surface area contributed by atoms with Gasteiger partial charge >= 0.3 is 0 Å². The average Bonchev–Trinajstić information content (AvgIpc) is 2.90. The van der Waals surface area contributed by atoms with Gasteiger partial charge in [0.25, 0.3) is 0 Å². The molecule has 3 rings (SSSR count). The molecule has 1 heterocycles. The fourth-order valence-electron chi connectivity index (χ4n) is 2.87. The van der Waals surface area contributed by atoms with E-state index in [-0.39, 0.29) is 0 Å². The Morgan fingerprint density at radius 1 is 1.05 bits per heavy atom. The zero-order valence-electron chi connectivity index (χ0n) is 12.2. The average molecular weight is 263 g/mol. The fourth-order valence-corrected chi connectivity index (χ4v) is 2.87. The van der Waals surface area contributed by atoms with Crippen LogP contribution in [0.5, 0.6) is 0 Å². The van der Waals surface area contributed by atoms with Crippen LogP contribution < -0.4 is 0 Å². The molecular weight excluding hydrogens is 242 g/mol. The van der Waals surface area contributed by atoms with E-state index in [0.29, 0.717) is 0 Å². The van der Waals surface area contributed by atoms with E-state index in [9.17, 15) is 0 Å². The van der Waals surface area contributed by atoms with E-state index in [4.69, 9.17) is 0 Å². The van der Waals surface area contributed by atoms with Crippen molar-refractivity contribution in [2.24, 2.45) is 0 Å². The summed E-state index contributed by atoms with van der Waals surface area (Å²) < 4.78 is 0. The highest BCUT2D eigenvalue weighted by molar-refractivity contribution is 5.97. The lowest BCUT2D eigenvalue weighted by Crippen LogP contribution is -1.87. The highest BCUT2D eigenvalue weighted by Crippen LogP contribution is 2.31. The Bertz CT molecular complexity index is 707. The zero-order valence-corrected chi connectivity index (χ0v) is 12.2.